The summed E-state index contributed by atoms with van der Waals surface area (Å²) in [5.74, 6) is 2.02. The first-order valence-corrected chi connectivity index (χ1v) is 9.58. The highest BCUT2D eigenvalue weighted by Crippen LogP contribution is 2.34. The van der Waals surface area contributed by atoms with E-state index >= 15 is 0 Å². The molecule has 3 aliphatic rings. The minimum absolute atomic E-state index is 0.184. The molecular formula is C19H28N6O. The SMILES string of the molecule is CC1C=CC(C)N1c1ncnc2c1CN(C1CCNCC1)C(=O)CN2C. The maximum atomic E-state index is 12.9. The lowest BCUT2D eigenvalue weighted by molar-refractivity contribution is -0.133. The lowest BCUT2D eigenvalue weighted by Crippen LogP contribution is -2.47. The van der Waals surface area contributed by atoms with Gasteiger partial charge < -0.3 is 20.0 Å². The van der Waals surface area contributed by atoms with Gasteiger partial charge in [-0.1, -0.05) is 12.2 Å². The molecule has 1 saturated heterocycles. The van der Waals surface area contributed by atoms with Crippen molar-refractivity contribution in [2.75, 3.05) is 36.5 Å². The fraction of sp³-hybridized carbons (Fsp3) is 0.632. The molecule has 1 aromatic heterocycles. The van der Waals surface area contributed by atoms with E-state index in [2.05, 4.69) is 51.1 Å². The van der Waals surface area contributed by atoms with Crippen LogP contribution in [0.2, 0.25) is 0 Å². The first kappa shape index (κ1) is 17.3. The van der Waals surface area contributed by atoms with Gasteiger partial charge in [-0.3, -0.25) is 4.79 Å². The quantitative estimate of drug-likeness (QED) is 0.803. The third kappa shape index (κ3) is 2.94. The summed E-state index contributed by atoms with van der Waals surface area (Å²) in [6.07, 6.45) is 8.08. The maximum absolute atomic E-state index is 12.9. The molecule has 0 aliphatic carbocycles. The van der Waals surface area contributed by atoms with Crippen molar-refractivity contribution in [3.8, 4) is 0 Å². The summed E-state index contributed by atoms with van der Waals surface area (Å²) in [5, 5.41) is 3.39. The van der Waals surface area contributed by atoms with Gasteiger partial charge in [0.25, 0.3) is 0 Å². The number of fused-ring (bicyclic) bond motifs is 1. The number of hydrogen-bond donors (Lipinski definition) is 1. The number of carbonyl (C=O) groups excluding carboxylic acids is 1. The number of anilines is 2. The second kappa shape index (κ2) is 6.87. The van der Waals surface area contributed by atoms with Crippen molar-refractivity contribution in [3.05, 3.63) is 24.0 Å². The Kier molecular flexibility index (Phi) is 4.56. The zero-order chi connectivity index (χ0) is 18.3. The van der Waals surface area contributed by atoms with Gasteiger partial charge in [0.15, 0.2) is 0 Å². The number of nitrogens with one attached hydrogen (secondary N) is 1. The summed E-state index contributed by atoms with van der Waals surface area (Å²) < 4.78 is 0. The van der Waals surface area contributed by atoms with E-state index in [1.807, 2.05) is 11.9 Å². The second-order valence-electron chi connectivity index (χ2n) is 7.63. The highest BCUT2D eigenvalue weighted by Gasteiger charge is 2.35. The summed E-state index contributed by atoms with van der Waals surface area (Å²) >= 11 is 0. The Labute approximate surface area is 155 Å². The van der Waals surface area contributed by atoms with E-state index in [-0.39, 0.29) is 5.91 Å². The Balaban J connectivity index is 1.73. The molecule has 0 spiro atoms. The number of hydrogen-bond acceptors (Lipinski definition) is 6. The molecular weight excluding hydrogens is 328 g/mol. The normalized spacial score (nSPS) is 27.0. The molecule has 0 aromatic carbocycles. The molecule has 140 valence electrons. The predicted octanol–water partition coefficient (Wildman–Crippen LogP) is 1.16. The number of nitrogens with zero attached hydrogens (tertiary/aromatic N) is 5. The number of rotatable bonds is 2. The number of piperidine rings is 1. The molecule has 3 aliphatic heterocycles. The van der Waals surface area contributed by atoms with Crippen molar-refractivity contribution < 1.29 is 4.79 Å². The average Bonchev–Trinajstić information content (AvgIpc) is 2.91. The lowest BCUT2D eigenvalue weighted by Gasteiger charge is -2.35. The van der Waals surface area contributed by atoms with Crippen LogP contribution in [0.3, 0.4) is 0 Å². The van der Waals surface area contributed by atoms with Crippen molar-refractivity contribution in [3.63, 3.8) is 0 Å². The van der Waals surface area contributed by atoms with E-state index in [4.69, 9.17) is 0 Å². The maximum Gasteiger partial charge on any atom is 0.242 e. The van der Waals surface area contributed by atoms with Crippen LogP contribution in [0, 0.1) is 0 Å². The number of likely N-dealkylation sites (N-methyl/N-ethyl adjacent to an activating group) is 1. The lowest BCUT2D eigenvalue weighted by atomic mass is 10.0. The van der Waals surface area contributed by atoms with Gasteiger partial charge in [0.2, 0.25) is 5.91 Å². The van der Waals surface area contributed by atoms with Gasteiger partial charge in [-0.25, -0.2) is 9.97 Å². The molecule has 1 N–H and O–H groups in total. The van der Waals surface area contributed by atoms with Gasteiger partial charge in [0.05, 0.1) is 18.7 Å². The van der Waals surface area contributed by atoms with E-state index in [1.165, 1.54) is 0 Å². The summed E-state index contributed by atoms with van der Waals surface area (Å²) in [6.45, 7) is 7.28. The summed E-state index contributed by atoms with van der Waals surface area (Å²) in [7, 11) is 1.95. The molecule has 2 atom stereocenters. The molecule has 7 nitrogen and oxygen atoms in total. The number of carbonyl (C=O) groups is 1. The van der Waals surface area contributed by atoms with Crippen molar-refractivity contribution in [1.82, 2.24) is 20.2 Å². The van der Waals surface area contributed by atoms with Gasteiger partial charge in [-0.15, -0.1) is 0 Å². The fourth-order valence-corrected chi connectivity index (χ4v) is 4.43. The molecule has 0 saturated carbocycles. The van der Waals surface area contributed by atoms with Crippen molar-refractivity contribution in [2.24, 2.45) is 0 Å². The van der Waals surface area contributed by atoms with Crippen LogP contribution in [-0.2, 0) is 11.3 Å². The minimum atomic E-state index is 0.184. The van der Waals surface area contributed by atoms with Gasteiger partial charge in [0.1, 0.15) is 18.0 Å². The molecule has 4 heterocycles. The van der Waals surface area contributed by atoms with E-state index in [0.717, 1.165) is 43.1 Å². The highest BCUT2D eigenvalue weighted by atomic mass is 16.2. The molecule has 2 unspecified atom stereocenters. The largest absolute Gasteiger partial charge is 0.350 e. The molecule has 1 aromatic rings. The van der Waals surface area contributed by atoms with E-state index in [0.29, 0.717) is 31.2 Å². The van der Waals surface area contributed by atoms with Crippen LogP contribution in [0.25, 0.3) is 0 Å². The van der Waals surface area contributed by atoms with Crippen LogP contribution >= 0.6 is 0 Å². The van der Waals surface area contributed by atoms with Gasteiger partial charge >= 0.3 is 0 Å². The average molecular weight is 356 g/mol. The van der Waals surface area contributed by atoms with Crippen molar-refractivity contribution >= 4 is 17.5 Å². The molecule has 1 fully saturated rings. The summed E-state index contributed by atoms with van der Waals surface area (Å²) in [6, 6.07) is 0.879. The monoisotopic (exact) mass is 356 g/mol. The first-order valence-electron chi connectivity index (χ1n) is 9.58. The van der Waals surface area contributed by atoms with Crippen molar-refractivity contribution in [1.29, 1.82) is 0 Å². The molecule has 7 heteroatoms. The molecule has 4 rings (SSSR count). The summed E-state index contributed by atoms with van der Waals surface area (Å²) in [4.78, 5) is 28.5. The highest BCUT2D eigenvalue weighted by molar-refractivity contribution is 5.84. The van der Waals surface area contributed by atoms with Crippen LogP contribution in [0.1, 0.15) is 32.3 Å². The zero-order valence-electron chi connectivity index (χ0n) is 15.9. The van der Waals surface area contributed by atoms with Crippen LogP contribution in [0.5, 0.6) is 0 Å². The summed E-state index contributed by atoms with van der Waals surface area (Å²) in [5.41, 5.74) is 1.07. The van der Waals surface area contributed by atoms with Gasteiger partial charge in [-0.05, 0) is 39.8 Å². The zero-order valence-corrected chi connectivity index (χ0v) is 15.9. The van der Waals surface area contributed by atoms with E-state index in [9.17, 15) is 4.79 Å². The minimum Gasteiger partial charge on any atom is -0.350 e. The van der Waals surface area contributed by atoms with Crippen molar-refractivity contribution in [2.45, 2.75) is 51.4 Å². The smallest absolute Gasteiger partial charge is 0.242 e. The fourth-order valence-electron chi connectivity index (χ4n) is 4.43. The molecule has 0 radical (unpaired) electrons. The van der Waals surface area contributed by atoms with Gasteiger partial charge in [0, 0.05) is 25.2 Å². The Morgan fingerprint density at radius 3 is 2.38 bits per heavy atom. The molecule has 1 amide bonds. The Morgan fingerprint density at radius 2 is 1.69 bits per heavy atom. The predicted molar refractivity (Wildman–Crippen MR) is 102 cm³/mol. The van der Waals surface area contributed by atoms with E-state index < -0.39 is 0 Å². The topological polar surface area (TPSA) is 64.6 Å². The van der Waals surface area contributed by atoms with Crippen LogP contribution < -0.4 is 15.1 Å². The third-order valence-corrected chi connectivity index (χ3v) is 5.82. The van der Waals surface area contributed by atoms with E-state index in [1.54, 1.807) is 6.33 Å². The first-order chi connectivity index (χ1) is 12.6. The Hall–Kier alpha value is -2.15. The molecule has 26 heavy (non-hydrogen) atoms. The number of aromatic nitrogens is 2. The van der Waals surface area contributed by atoms with Crippen LogP contribution in [0.4, 0.5) is 11.6 Å². The van der Waals surface area contributed by atoms with Gasteiger partial charge in [-0.2, -0.15) is 0 Å². The standard InChI is InChI=1S/C19H28N6O/c1-13-4-5-14(2)25(13)19-16-10-24(15-6-8-20-9-7-15)17(26)11-23(3)18(16)21-12-22-19/h4-5,12-15,20H,6-11H2,1-3H3. The number of amides is 1. The Morgan fingerprint density at radius 1 is 1.04 bits per heavy atom. The third-order valence-electron chi connectivity index (χ3n) is 5.82. The van der Waals surface area contributed by atoms with Crippen LogP contribution in [0.15, 0.2) is 18.5 Å². The van der Waals surface area contributed by atoms with Crippen LogP contribution in [-0.4, -0.2) is 65.6 Å². The molecule has 0 bridgehead atoms. The Bertz CT molecular complexity index is 702. The second-order valence-corrected chi connectivity index (χ2v) is 7.63.